The third kappa shape index (κ3) is 3.44. The zero-order valence-electron chi connectivity index (χ0n) is 18.1. The van der Waals surface area contributed by atoms with Crippen molar-refractivity contribution in [1.82, 2.24) is 9.80 Å². The number of hydrogen-bond acceptors (Lipinski definition) is 3. The Kier molecular flexibility index (Phi) is 5.12. The van der Waals surface area contributed by atoms with Gasteiger partial charge in [-0.3, -0.25) is 9.59 Å². The lowest BCUT2D eigenvalue weighted by Gasteiger charge is -2.34. The van der Waals surface area contributed by atoms with E-state index >= 15 is 0 Å². The molecule has 7 heteroatoms. The highest BCUT2D eigenvalue weighted by atomic mass is 19.1. The van der Waals surface area contributed by atoms with Gasteiger partial charge in [0.15, 0.2) is 0 Å². The van der Waals surface area contributed by atoms with E-state index in [9.17, 15) is 18.4 Å². The Bertz CT molecular complexity index is 1230. The zero-order valence-corrected chi connectivity index (χ0v) is 18.1. The van der Waals surface area contributed by atoms with Crippen molar-refractivity contribution in [2.75, 3.05) is 13.7 Å². The van der Waals surface area contributed by atoms with Crippen LogP contribution >= 0.6 is 0 Å². The summed E-state index contributed by atoms with van der Waals surface area (Å²) in [7, 11) is 1.58. The molecule has 1 unspecified atom stereocenters. The van der Waals surface area contributed by atoms with Crippen molar-refractivity contribution in [3.05, 3.63) is 101 Å². The van der Waals surface area contributed by atoms with Crippen molar-refractivity contribution in [3.63, 3.8) is 0 Å². The second kappa shape index (κ2) is 7.99. The standard InChI is InChI=1S/C26H22F2N2O3/c1-33-21-9-4-18(5-10-21)16-30-24(31)22-14-20(28)8-11-23(22)26(30)12-13-29(25(26)32)15-17-2-6-19(27)7-3-17/h2-11,14H,12-13,15-16H2,1H3. The van der Waals surface area contributed by atoms with Gasteiger partial charge in [0.25, 0.3) is 11.8 Å². The average Bonchev–Trinajstić information content (AvgIpc) is 3.26. The third-order valence-corrected chi connectivity index (χ3v) is 6.53. The fraction of sp³-hybridized carbons (Fsp3) is 0.231. The third-order valence-electron chi connectivity index (χ3n) is 6.53. The van der Waals surface area contributed by atoms with Crippen LogP contribution in [0.15, 0.2) is 66.7 Å². The summed E-state index contributed by atoms with van der Waals surface area (Å²) < 4.78 is 32.5. The minimum absolute atomic E-state index is 0.204. The fourth-order valence-electron chi connectivity index (χ4n) is 4.87. The molecule has 5 rings (SSSR count). The number of ether oxygens (including phenoxy) is 1. The molecule has 3 aromatic carbocycles. The van der Waals surface area contributed by atoms with Gasteiger partial charge in [-0.25, -0.2) is 8.78 Å². The van der Waals surface area contributed by atoms with E-state index in [4.69, 9.17) is 4.74 Å². The predicted molar refractivity (Wildman–Crippen MR) is 117 cm³/mol. The summed E-state index contributed by atoms with van der Waals surface area (Å²) in [6, 6.07) is 17.4. The van der Waals surface area contributed by atoms with Crippen molar-refractivity contribution in [2.24, 2.45) is 0 Å². The topological polar surface area (TPSA) is 49.9 Å². The molecule has 2 aliphatic rings. The first-order valence-corrected chi connectivity index (χ1v) is 10.7. The van der Waals surface area contributed by atoms with Gasteiger partial charge in [-0.15, -0.1) is 0 Å². The van der Waals surface area contributed by atoms with Crippen molar-refractivity contribution >= 4 is 11.8 Å². The molecule has 0 aliphatic carbocycles. The molecule has 2 heterocycles. The fourth-order valence-corrected chi connectivity index (χ4v) is 4.87. The molecule has 1 spiro atoms. The number of hydrogen-bond donors (Lipinski definition) is 0. The number of methoxy groups -OCH3 is 1. The highest BCUT2D eigenvalue weighted by molar-refractivity contribution is 6.07. The van der Waals surface area contributed by atoms with E-state index in [1.165, 1.54) is 24.3 Å². The Morgan fingerprint density at radius 3 is 2.21 bits per heavy atom. The SMILES string of the molecule is COc1ccc(CN2C(=O)c3cc(F)ccc3C23CCN(Cc2ccc(F)cc2)C3=O)cc1. The molecule has 0 N–H and O–H groups in total. The Morgan fingerprint density at radius 1 is 0.879 bits per heavy atom. The maximum Gasteiger partial charge on any atom is 0.255 e. The lowest BCUT2D eigenvalue weighted by molar-refractivity contribution is -0.137. The van der Waals surface area contributed by atoms with Crippen LogP contribution in [0.2, 0.25) is 0 Å². The first-order chi connectivity index (χ1) is 15.9. The number of halogens is 2. The lowest BCUT2D eigenvalue weighted by Crippen LogP contribution is -2.49. The molecule has 2 amide bonds. The van der Waals surface area contributed by atoms with Crippen LogP contribution in [0.3, 0.4) is 0 Å². The monoisotopic (exact) mass is 448 g/mol. The van der Waals surface area contributed by atoms with Gasteiger partial charge in [0.05, 0.1) is 7.11 Å². The Hall–Kier alpha value is -3.74. The molecule has 0 bridgehead atoms. The van der Waals surface area contributed by atoms with Crippen LogP contribution < -0.4 is 4.74 Å². The molecule has 3 aromatic rings. The quantitative estimate of drug-likeness (QED) is 0.586. The molecule has 0 saturated carbocycles. The van der Waals surface area contributed by atoms with Gasteiger partial charge >= 0.3 is 0 Å². The highest BCUT2D eigenvalue weighted by Gasteiger charge is 2.59. The largest absolute Gasteiger partial charge is 0.497 e. The number of nitrogens with zero attached hydrogens (tertiary/aromatic N) is 2. The molecule has 1 atom stereocenters. The smallest absolute Gasteiger partial charge is 0.255 e. The molecule has 33 heavy (non-hydrogen) atoms. The summed E-state index contributed by atoms with van der Waals surface area (Å²) in [5.74, 6) is -0.742. The van der Waals surface area contributed by atoms with E-state index in [1.807, 2.05) is 12.1 Å². The number of benzene rings is 3. The number of carbonyl (C=O) groups excluding carboxylic acids is 2. The number of amides is 2. The minimum atomic E-state index is -1.19. The number of carbonyl (C=O) groups is 2. The first-order valence-electron chi connectivity index (χ1n) is 10.7. The Morgan fingerprint density at radius 2 is 1.52 bits per heavy atom. The van der Waals surface area contributed by atoms with E-state index < -0.39 is 11.4 Å². The molecule has 1 saturated heterocycles. The van der Waals surface area contributed by atoms with Gasteiger partial charge in [0.1, 0.15) is 22.9 Å². The molecule has 168 valence electrons. The number of rotatable bonds is 5. The van der Waals surface area contributed by atoms with Crippen LogP contribution in [-0.4, -0.2) is 35.3 Å². The molecule has 0 aromatic heterocycles. The number of likely N-dealkylation sites (tertiary alicyclic amines) is 1. The van der Waals surface area contributed by atoms with E-state index in [-0.39, 0.29) is 29.7 Å². The summed E-state index contributed by atoms with van der Waals surface area (Å²) in [4.78, 5) is 30.5. The molecule has 5 nitrogen and oxygen atoms in total. The molecule has 0 radical (unpaired) electrons. The van der Waals surface area contributed by atoms with Gasteiger partial charge in [-0.05, 0) is 47.5 Å². The maximum atomic E-state index is 14.0. The van der Waals surface area contributed by atoms with Gasteiger partial charge in [0.2, 0.25) is 0 Å². The van der Waals surface area contributed by atoms with Crippen molar-refractivity contribution in [2.45, 2.75) is 25.0 Å². The van der Waals surface area contributed by atoms with Crippen LogP contribution in [0.5, 0.6) is 5.75 Å². The van der Waals surface area contributed by atoms with Crippen LogP contribution in [0.1, 0.15) is 33.5 Å². The van der Waals surface area contributed by atoms with E-state index in [0.717, 1.165) is 11.1 Å². The van der Waals surface area contributed by atoms with Gasteiger partial charge in [-0.2, -0.15) is 0 Å². The van der Waals surface area contributed by atoms with E-state index in [1.54, 1.807) is 47.2 Å². The Balaban J connectivity index is 1.52. The van der Waals surface area contributed by atoms with E-state index in [2.05, 4.69) is 0 Å². The average molecular weight is 448 g/mol. The van der Waals surface area contributed by atoms with Crippen molar-refractivity contribution < 1.29 is 23.1 Å². The lowest BCUT2D eigenvalue weighted by atomic mass is 9.87. The summed E-state index contributed by atoms with van der Waals surface area (Å²) in [6.45, 7) is 0.941. The number of fused-ring (bicyclic) bond motifs is 2. The van der Waals surface area contributed by atoms with Gasteiger partial charge in [-0.1, -0.05) is 30.3 Å². The van der Waals surface area contributed by atoms with Crippen LogP contribution in [0, 0.1) is 11.6 Å². The van der Waals surface area contributed by atoms with Crippen LogP contribution in [0.4, 0.5) is 8.78 Å². The van der Waals surface area contributed by atoms with Crippen molar-refractivity contribution in [1.29, 1.82) is 0 Å². The molecular formula is C26H22F2N2O3. The summed E-state index contributed by atoms with van der Waals surface area (Å²) in [5, 5.41) is 0. The molecule has 1 fully saturated rings. The highest BCUT2D eigenvalue weighted by Crippen LogP contribution is 2.47. The molecular weight excluding hydrogens is 426 g/mol. The first kappa shape index (κ1) is 21.1. The maximum absolute atomic E-state index is 14.0. The summed E-state index contributed by atoms with van der Waals surface area (Å²) >= 11 is 0. The predicted octanol–water partition coefficient (Wildman–Crippen LogP) is 4.26. The van der Waals surface area contributed by atoms with Crippen molar-refractivity contribution in [3.8, 4) is 5.75 Å². The zero-order chi connectivity index (χ0) is 23.2. The molecule has 2 aliphatic heterocycles. The second-order valence-electron chi connectivity index (χ2n) is 8.39. The van der Waals surface area contributed by atoms with Gasteiger partial charge in [0, 0.05) is 37.2 Å². The van der Waals surface area contributed by atoms with Crippen LogP contribution in [-0.2, 0) is 23.4 Å². The summed E-state index contributed by atoms with van der Waals surface area (Å²) in [5.41, 5.74) is 1.20. The second-order valence-corrected chi connectivity index (χ2v) is 8.39. The van der Waals surface area contributed by atoms with E-state index in [0.29, 0.717) is 30.8 Å². The van der Waals surface area contributed by atoms with Crippen LogP contribution in [0.25, 0.3) is 0 Å². The van der Waals surface area contributed by atoms with Gasteiger partial charge < -0.3 is 14.5 Å². The minimum Gasteiger partial charge on any atom is -0.497 e. The Labute approximate surface area is 190 Å². The normalized spacial score (nSPS) is 19.5. The summed E-state index contributed by atoms with van der Waals surface area (Å²) in [6.07, 6.45) is 0.396.